The summed E-state index contributed by atoms with van der Waals surface area (Å²) in [5, 5.41) is 52.1. The number of hydrogen-bond donors (Lipinski definition) is 6. The van der Waals surface area contributed by atoms with E-state index in [1.807, 2.05) is 0 Å². The number of carbonyl (C=O) groups excluding carboxylic acids is 2. The van der Waals surface area contributed by atoms with E-state index in [1.54, 1.807) is 0 Å². The molecule has 44 heavy (non-hydrogen) atoms. The van der Waals surface area contributed by atoms with Gasteiger partial charge in [-0.25, -0.2) is 14.6 Å². The number of β-lactam (4-membered cyclic amide) rings is 1. The Kier molecular flexibility index (Phi) is 8.78. The van der Waals surface area contributed by atoms with Gasteiger partial charge in [0.25, 0.3) is 17.0 Å². The van der Waals surface area contributed by atoms with Gasteiger partial charge in [0.2, 0.25) is 18.4 Å². The van der Waals surface area contributed by atoms with Gasteiger partial charge in [0.05, 0.1) is 0 Å². The standard InChI is InChI=1S/C23H19N7O11S3/c24-21-25-10(7-43-21)14(29-39-4-13(33)34)16(35)26-15-18(36)30-19(41-23(37)38)9(5-42-20(15)30)6-44-22-28-27-17(40-22)8-1-2-11(31)12(32)3-8/h1-3,7,15,20,31-32H,4-6H2,(H2,24,25)(H,26,35)(H,33,34)(H,37,38)/t15-,20+/m1/s1. The lowest BCUT2D eigenvalue weighted by atomic mass is 10.1. The van der Waals surface area contributed by atoms with Gasteiger partial charge in [-0.3, -0.25) is 14.5 Å². The van der Waals surface area contributed by atoms with Gasteiger partial charge in [0, 0.05) is 28.0 Å². The Morgan fingerprint density at radius 2 is 2.02 bits per heavy atom. The predicted molar refractivity (Wildman–Crippen MR) is 152 cm³/mol. The number of thiazole rings is 1. The van der Waals surface area contributed by atoms with Crippen molar-refractivity contribution in [3.8, 4) is 23.0 Å². The van der Waals surface area contributed by atoms with Crippen LogP contribution in [0.25, 0.3) is 11.5 Å². The number of oxime groups is 1. The molecule has 2 atom stereocenters. The molecule has 0 unspecified atom stereocenters. The minimum atomic E-state index is -1.66. The highest BCUT2D eigenvalue weighted by atomic mass is 32.2. The number of thioether (sulfide) groups is 2. The number of aliphatic carboxylic acids is 1. The molecule has 1 fully saturated rings. The summed E-state index contributed by atoms with van der Waals surface area (Å²) in [7, 11) is 0. The van der Waals surface area contributed by atoms with E-state index in [0.29, 0.717) is 11.1 Å². The summed E-state index contributed by atoms with van der Waals surface area (Å²) in [5.41, 5.74) is 5.98. The molecule has 3 aromatic rings. The number of carboxylic acids is 1. The Bertz CT molecular complexity index is 1710. The third-order valence-corrected chi connectivity index (χ3v) is 8.70. The van der Waals surface area contributed by atoms with Crippen molar-refractivity contribution >= 4 is 69.6 Å². The quantitative estimate of drug-likeness (QED) is 0.0417. The zero-order valence-corrected chi connectivity index (χ0v) is 24.2. The topological polar surface area (TPSA) is 273 Å². The van der Waals surface area contributed by atoms with Crippen molar-refractivity contribution in [1.82, 2.24) is 25.4 Å². The zero-order chi connectivity index (χ0) is 31.5. The number of hydrogen-bond acceptors (Lipinski definition) is 17. The van der Waals surface area contributed by atoms with Crippen molar-refractivity contribution in [2.75, 3.05) is 23.8 Å². The smallest absolute Gasteiger partial charge is 0.504 e. The molecular weight excluding hydrogens is 646 g/mol. The Balaban J connectivity index is 1.29. The molecule has 21 heteroatoms. The summed E-state index contributed by atoms with van der Waals surface area (Å²) in [4.78, 5) is 58.2. The number of ether oxygens (including phenoxy) is 1. The van der Waals surface area contributed by atoms with E-state index >= 15 is 0 Å². The van der Waals surface area contributed by atoms with Crippen LogP contribution in [-0.4, -0.2) is 99.7 Å². The Labute approximate surface area is 257 Å². The van der Waals surface area contributed by atoms with Gasteiger partial charge in [0.1, 0.15) is 17.1 Å². The van der Waals surface area contributed by atoms with E-state index in [1.165, 1.54) is 35.3 Å². The molecule has 0 saturated carbocycles. The van der Waals surface area contributed by atoms with Crippen LogP contribution in [0.5, 0.6) is 11.5 Å². The number of benzene rings is 1. The summed E-state index contributed by atoms with van der Waals surface area (Å²) < 4.78 is 10.6. The fourth-order valence-electron chi connectivity index (χ4n) is 3.86. The zero-order valence-electron chi connectivity index (χ0n) is 21.8. The molecule has 2 aliphatic rings. The number of phenolic OH excluding ortho intramolecular Hbond substituents is 2. The van der Waals surface area contributed by atoms with E-state index in [2.05, 4.69) is 25.7 Å². The van der Waals surface area contributed by atoms with Crippen molar-refractivity contribution in [3.05, 3.63) is 40.7 Å². The molecule has 2 aromatic heterocycles. The van der Waals surface area contributed by atoms with Gasteiger partial charge < -0.3 is 45.5 Å². The van der Waals surface area contributed by atoms with Crippen LogP contribution in [0.15, 0.2) is 49.8 Å². The normalized spacial score (nSPS) is 18.0. The molecule has 4 heterocycles. The molecule has 5 rings (SSSR count). The van der Waals surface area contributed by atoms with Gasteiger partial charge >= 0.3 is 12.1 Å². The number of nitrogens with one attached hydrogen (secondary N) is 1. The molecular formula is C23H19N7O11S3. The molecule has 2 amide bonds. The highest BCUT2D eigenvalue weighted by Crippen LogP contribution is 2.42. The average Bonchev–Trinajstić information content (AvgIpc) is 3.63. The highest BCUT2D eigenvalue weighted by molar-refractivity contribution is 8.01. The second kappa shape index (κ2) is 12.7. The number of anilines is 1. The van der Waals surface area contributed by atoms with E-state index in [0.717, 1.165) is 28.0 Å². The number of nitrogen functional groups attached to an aromatic ring is 1. The molecule has 1 aromatic carbocycles. The van der Waals surface area contributed by atoms with Crippen molar-refractivity contribution in [2.45, 2.75) is 16.6 Å². The van der Waals surface area contributed by atoms with E-state index < -0.39 is 47.7 Å². The lowest BCUT2D eigenvalue weighted by molar-refractivity contribution is -0.148. The number of nitrogens with zero attached hydrogens (tertiary/aromatic N) is 5. The van der Waals surface area contributed by atoms with E-state index in [-0.39, 0.29) is 50.8 Å². The third-order valence-electron chi connectivity index (χ3n) is 5.79. The van der Waals surface area contributed by atoms with Crippen LogP contribution in [-0.2, 0) is 24.0 Å². The molecule has 0 bridgehead atoms. The van der Waals surface area contributed by atoms with Crippen LogP contribution in [0.3, 0.4) is 0 Å². The number of aromatic hydroxyl groups is 2. The SMILES string of the molecule is Nc1nc(C(=NOCC(=O)O)C(=O)N[C@@H]2C(=O)N3C(OC(=O)O)=C(CSc4nnc(-c5ccc(O)c(O)c5)o4)CS[C@@H]23)cs1. The van der Waals surface area contributed by atoms with Crippen LogP contribution < -0.4 is 11.1 Å². The predicted octanol–water partition coefficient (Wildman–Crippen LogP) is 1.09. The van der Waals surface area contributed by atoms with Gasteiger partial charge in [0.15, 0.2) is 22.3 Å². The molecule has 18 nitrogen and oxygen atoms in total. The van der Waals surface area contributed by atoms with Crippen LogP contribution >= 0.6 is 34.9 Å². The number of nitrogens with two attached hydrogens (primary N) is 1. The fourth-order valence-corrected chi connectivity index (χ4v) is 6.62. The average molecular weight is 666 g/mol. The summed E-state index contributed by atoms with van der Waals surface area (Å²) in [6, 6.07) is 2.85. The molecule has 230 valence electrons. The van der Waals surface area contributed by atoms with E-state index in [4.69, 9.17) is 24.8 Å². The monoisotopic (exact) mass is 665 g/mol. The van der Waals surface area contributed by atoms with Crippen molar-refractivity contribution in [1.29, 1.82) is 0 Å². The summed E-state index contributed by atoms with van der Waals surface area (Å²) >= 11 is 3.27. The maximum atomic E-state index is 13.1. The molecule has 0 radical (unpaired) electrons. The van der Waals surface area contributed by atoms with Crippen molar-refractivity contribution in [3.63, 3.8) is 0 Å². The van der Waals surface area contributed by atoms with Crippen molar-refractivity contribution in [2.24, 2.45) is 5.16 Å². The number of aromatic nitrogens is 3. The minimum Gasteiger partial charge on any atom is -0.504 e. The summed E-state index contributed by atoms with van der Waals surface area (Å²) in [6.45, 7) is -0.836. The van der Waals surface area contributed by atoms with Crippen LogP contribution in [0.1, 0.15) is 5.69 Å². The Morgan fingerprint density at radius 1 is 1.23 bits per heavy atom. The second-order valence-electron chi connectivity index (χ2n) is 8.68. The minimum absolute atomic E-state index is 0.00387. The highest BCUT2D eigenvalue weighted by Gasteiger charge is 2.54. The lowest BCUT2D eigenvalue weighted by Gasteiger charge is -2.49. The third kappa shape index (κ3) is 6.48. The maximum absolute atomic E-state index is 13.1. The first-order valence-electron chi connectivity index (χ1n) is 12.0. The second-order valence-corrected chi connectivity index (χ2v) is 11.6. The van der Waals surface area contributed by atoms with Gasteiger partial charge in [-0.15, -0.1) is 33.3 Å². The number of carbonyl (C=O) groups is 4. The van der Waals surface area contributed by atoms with E-state index in [9.17, 15) is 34.5 Å². The van der Waals surface area contributed by atoms with Crippen molar-refractivity contribution < 1.29 is 53.6 Å². The maximum Gasteiger partial charge on any atom is 0.512 e. The van der Waals surface area contributed by atoms with Gasteiger partial charge in [-0.1, -0.05) is 16.9 Å². The summed E-state index contributed by atoms with van der Waals surface area (Å²) in [5.74, 6) is -3.48. The first kappa shape index (κ1) is 30.4. The van der Waals surface area contributed by atoms with Crippen LogP contribution in [0.2, 0.25) is 0 Å². The summed E-state index contributed by atoms with van der Waals surface area (Å²) in [6.07, 6.45) is -1.66. The van der Waals surface area contributed by atoms with Crippen LogP contribution in [0, 0.1) is 0 Å². The van der Waals surface area contributed by atoms with Gasteiger partial charge in [-0.05, 0) is 18.2 Å². The Morgan fingerprint density at radius 3 is 2.70 bits per heavy atom. The number of amides is 2. The number of rotatable bonds is 11. The first-order chi connectivity index (χ1) is 21.0. The molecule has 1 saturated heterocycles. The lowest BCUT2D eigenvalue weighted by Crippen LogP contribution is -2.70. The number of phenols is 2. The largest absolute Gasteiger partial charge is 0.512 e. The number of fused-ring (bicyclic) bond motifs is 1. The molecule has 0 aliphatic carbocycles. The first-order valence-corrected chi connectivity index (χ1v) is 14.9. The van der Waals surface area contributed by atoms with Gasteiger partial charge in [-0.2, -0.15) is 0 Å². The fraction of sp³-hybridized carbons (Fsp3) is 0.217. The molecule has 2 aliphatic heterocycles. The Hall–Kier alpha value is -5.02. The van der Waals surface area contributed by atoms with Crippen LogP contribution in [0.4, 0.5) is 9.93 Å². The molecule has 0 spiro atoms. The number of carboxylic acid groups (broad SMARTS) is 2. The molecule has 7 N–H and O–H groups in total.